The molecule has 0 aliphatic carbocycles. The van der Waals surface area contributed by atoms with Crippen molar-refractivity contribution in [3.63, 3.8) is 0 Å². The lowest BCUT2D eigenvalue weighted by Gasteiger charge is -2.36. The van der Waals surface area contributed by atoms with Gasteiger partial charge in [-0.15, -0.1) is 0 Å². The summed E-state index contributed by atoms with van der Waals surface area (Å²) in [6.45, 7) is 2.42. The van der Waals surface area contributed by atoms with Gasteiger partial charge in [-0.25, -0.2) is 0 Å². The number of benzene rings is 3. The number of nitrogens with zero attached hydrogens (tertiary/aromatic N) is 3. The molecule has 5 rings (SSSR count). The minimum Gasteiger partial charge on any atom is -0.508 e. The highest BCUT2D eigenvalue weighted by Gasteiger charge is 2.31. The monoisotopic (exact) mass is 481 g/mol. The molecule has 36 heavy (non-hydrogen) atoms. The zero-order valence-corrected chi connectivity index (χ0v) is 20.2. The van der Waals surface area contributed by atoms with Gasteiger partial charge in [0.2, 0.25) is 0 Å². The highest BCUT2D eigenvalue weighted by molar-refractivity contribution is 6.09. The maximum Gasteiger partial charge on any atom is 0.262 e. The Labute approximate surface area is 209 Å². The Hall–Kier alpha value is -4.39. The van der Waals surface area contributed by atoms with Crippen molar-refractivity contribution < 1.29 is 19.8 Å². The molecule has 0 saturated heterocycles. The van der Waals surface area contributed by atoms with Gasteiger partial charge < -0.3 is 20.0 Å². The van der Waals surface area contributed by atoms with Crippen LogP contribution in [0.1, 0.15) is 45.2 Å². The molecular formula is C29H27N3O4. The van der Waals surface area contributed by atoms with Crippen molar-refractivity contribution in [3.05, 3.63) is 95.3 Å². The predicted octanol–water partition coefficient (Wildman–Crippen LogP) is 4.90. The van der Waals surface area contributed by atoms with Crippen LogP contribution in [0.15, 0.2) is 73.1 Å². The zero-order valence-electron chi connectivity index (χ0n) is 20.2. The molecule has 2 amide bonds. The standard InChI is InChI=1S/C29H27N3O4/c1-18-6-7-19-14-20(8-11-26(19)32(18)29(36)25-10-9-23(33)15-27(25)34)28(35)31(2)17-22-5-3-4-21-16-30-13-12-24(21)22/h3-5,8-16,18,33-34H,6-7,17H2,1-2H3/t18-/m0/s1. The lowest BCUT2D eigenvalue weighted by atomic mass is 9.93. The van der Waals surface area contributed by atoms with Crippen LogP contribution in [0.5, 0.6) is 11.5 Å². The van der Waals surface area contributed by atoms with Crippen LogP contribution in [0, 0.1) is 0 Å². The summed E-state index contributed by atoms with van der Waals surface area (Å²) in [4.78, 5) is 34.2. The fourth-order valence-electron chi connectivity index (χ4n) is 4.90. The molecule has 0 radical (unpaired) electrons. The number of carbonyl (C=O) groups excluding carboxylic acids is 2. The van der Waals surface area contributed by atoms with Crippen LogP contribution in [0.4, 0.5) is 5.69 Å². The molecule has 7 nitrogen and oxygen atoms in total. The maximum atomic E-state index is 13.3. The van der Waals surface area contributed by atoms with Crippen molar-refractivity contribution in [2.45, 2.75) is 32.4 Å². The van der Waals surface area contributed by atoms with Crippen LogP contribution < -0.4 is 4.90 Å². The second-order valence-electron chi connectivity index (χ2n) is 9.28. The second kappa shape index (κ2) is 9.34. The Morgan fingerprint density at radius 3 is 2.72 bits per heavy atom. The Morgan fingerprint density at radius 2 is 1.92 bits per heavy atom. The summed E-state index contributed by atoms with van der Waals surface area (Å²) < 4.78 is 0. The molecule has 3 aromatic carbocycles. The molecule has 1 atom stereocenters. The molecule has 0 bridgehead atoms. The van der Waals surface area contributed by atoms with E-state index in [0.717, 1.165) is 46.5 Å². The van der Waals surface area contributed by atoms with Crippen molar-refractivity contribution in [3.8, 4) is 11.5 Å². The van der Waals surface area contributed by atoms with E-state index in [1.807, 2.05) is 49.5 Å². The molecule has 2 N–H and O–H groups in total. The van der Waals surface area contributed by atoms with Crippen LogP contribution >= 0.6 is 0 Å². The third-order valence-corrected chi connectivity index (χ3v) is 6.81. The van der Waals surface area contributed by atoms with Crippen molar-refractivity contribution in [2.75, 3.05) is 11.9 Å². The first kappa shape index (κ1) is 23.4. The van der Waals surface area contributed by atoms with Crippen molar-refractivity contribution in [1.82, 2.24) is 9.88 Å². The van der Waals surface area contributed by atoms with E-state index in [0.29, 0.717) is 12.1 Å². The summed E-state index contributed by atoms with van der Waals surface area (Å²) in [6, 6.07) is 17.3. The number of carbonyl (C=O) groups is 2. The van der Waals surface area contributed by atoms with Gasteiger partial charge in [0.15, 0.2) is 0 Å². The Balaban J connectivity index is 1.41. The number of amides is 2. The summed E-state index contributed by atoms with van der Waals surface area (Å²) in [7, 11) is 1.79. The maximum absolute atomic E-state index is 13.3. The minimum atomic E-state index is -0.345. The number of rotatable bonds is 4. The molecule has 0 spiro atoms. The second-order valence-corrected chi connectivity index (χ2v) is 9.28. The van der Waals surface area contributed by atoms with Gasteiger partial charge in [0.25, 0.3) is 11.8 Å². The summed E-state index contributed by atoms with van der Waals surface area (Å²) in [5.74, 6) is -0.820. The number of fused-ring (bicyclic) bond motifs is 2. The summed E-state index contributed by atoms with van der Waals surface area (Å²) in [5.41, 5.74) is 3.37. The average Bonchev–Trinajstić information content (AvgIpc) is 2.88. The van der Waals surface area contributed by atoms with Crippen LogP contribution in [-0.2, 0) is 13.0 Å². The molecule has 0 saturated carbocycles. The Morgan fingerprint density at radius 1 is 1.08 bits per heavy atom. The van der Waals surface area contributed by atoms with Gasteiger partial charge in [-0.2, -0.15) is 0 Å². The SMILES string of the molecule is C[C@H]1CCc2cc(C(=O)N(C)Cc3cccc4cnccc34)ccc2N1C(=O)c1ccc(O)cc1O. The quantitative estimate of drug-likeness (QED) is 0.432. The van der Waals surface area contributed by atoms with Gasteiger partial charge >= 0.3 is 0 Å². The third kappa shape index (κ3) is 4.24. The van der Waals surface area contributed by atoms with E-state index in [4.69, 9.17) is 0 Å². The van der Waals surface area contributed by atoms with Crippen LogP contribution in [0.2, 0.25) is 0 Å². The molecular weight excluding hydrogens is 454 g/mol. The lowest BCUT2D eigenvalue weighted by Crippen LogP contribution is -2.42. The summed E-state index contributed by atoms with van der Waals surface area (Å²) in [5, 5.41) is 21.9. The molecule has 182 valence electrons. The predicted molar refractivity (Wildman–Crippen MR) is 138 cm³/mol. The topological polar surface area (TPSA) is 94.0 Å². The number of pyridine rings is 1. The van der Waals surface area contributed by atoms with Crippen LogP contribution in [0.3, 0.4) is 0 Å². The van der Waals surface area contributed by atoms with E-state index < -0.39 is 0 Å². The van der Waals surface area contributed by atoms with Gasteiger partial charge in [0.05, 0.1) is 5.56 Å². The van der Waals surface area contributed by atoms with E-state index >= 15 is 0 Å². The number of anilines is 1. The highest BCUT2D eigenvalue weighted by atomic mass is 16.3. The largest absolute Gasteiger partial charge is 0.508 e. The van der Waals surface area contributed by atoms with Gasteiger partial charge in [0, 0.05) is 54.7 Å². The number of aromatic hydroxyl groups is 2. The number of hydrogen-bond acceptors (Lipinski definition) is 5. The van der Waals surface area contributed by atoms with Crippen molar-refractivity contribution in [1.29, 1.82) is 0 Å². The lowest BCUT2D eigenvalue weighted by molar-refractivity contribution is 0.0785. The van der Waals surface area contributed by atoms with E-state index in [-0.39, 0.29) is 34.9 Å². The first-order valence-corrected chi connectivity index (χ1v) is 11.9. The summed E-state index contributed by atoms with van der Waals surface area (Å²) >= 11 is 0. The van der Waals surface area contributed by atoms with Crippen LogP contribution in [-0.4, -0.2) is 45.0 Å². The van der Waals surface area contributed by atoms with E-state index in [1.165, 1.54) is 12.1 Å². The fourth-order valence-corrected chi connectivity index (χ4v) is 4.90. The summed E-state index contributed by atoms with van der Waals surface area (Å²) in [6.07, 6.45) is 5.04. The number of aromatic nitrogens is 1. The van der Waals surface area contributed by atoms with Gasteiger partial charge in [-0.1, -0.05) is 18.2 Å². The number of phenols is 2. The van der Waals surface area contributed by atoms with Crippen molar-refractivity contribution in [2.24, 2.45) is 0 Å². The van der Waals surface area contributed by atoms with E-state index in [1.54, 1.807) is 29.1 Å². The molecule has 4 aromatic rings. The number of phenolic OH excluding ortho intramolecular Hbond substituents is 2. The number of aryl methyl sites for hydroxylation is 1. The Kier molecular flexibility index (Phi) is 6.06. The molecule has 1 aromatic heterocycles. The van der Waals surface area contributed by atoms with Crippen molar-refractivity contribution >= 4 is 28.3 Å². The molecule has 7 heteroatoms. The van der Waals surface area contributed by atoms with Gasteiger partial charge in [-0.3, -0.25) is 14.6 Å². The van der Waals surface area contributed by atoms with E-state index in [9.17, 15) is 19.8 Å². The fraction of sp³-hybridized carbons (Fsp3) is 0.207. The molecule has 0 unspecified atom stereocenters. The molecule has 2 heterocycles. The first-order valence-electron chi connectivity index (χ1n) is 11.9. The smallest absolute Gasteiger partial charge is 0.262 e. The minimum absolute atomic E-state index is 0.0803. The first-order chi connectivity index (χ1) is 17.3. The number of hydrogen-bond donors (Lipinski definition) is 2. The molecule has 1 aliphatic heterocycles. The van der Waals surface area contributed by atoms with Crippen LogP contribution in [0.25, 0.3) is 10.8 Å². The average molecular weight is 482 g/mol. The van der Waals surface area contributed by atoms with E-state index in [2.05, 4.69) is 4.98 Å². The van der Waals surface area contributed by atoms with Gasteiger partial charge in [-0.05, 0) is 72.7 Å². The normalized spacial score (nSPS) is 14.9. The molecule has 1 aliphatic rings. The van der Waals surface area contributed by atoms with Gasteiger partial charge in [0.1, 0.15) is 11.5 Å². The third-order valence-electron chi connectivity index (χ3n) is 6.81. The zero-order chi connectivity index (χ0) is 25.4. The molecule has 0 fully saturated rings. The highest BCUT2D eigenvalue weighted by Crippen LogP contribution is 2.35. The Bertz CT molecular complexity index is 1480.